The third-order valence-corrected chi connectivity index (χ3v) is 3.23. The van der Waals surface area contributed by atoms with Gasteiger partial charge in [0.05, 0.1) is 0 Å². The van der Waals surface area contributed by atoms with Gasteiger partial charge in [0, 0.05) is 30.9 Å². The second-order valence-corrected chi connectivity index (χ2v) is 4.79. The minimum atomic E-state index is 0.184. The van der Waals surface area contributed by atoms with Crippen LogP contribution in [0.4, 0.5) is 0 Å². The molecule has 0 saturated carbocycles. The van der Waals surface area contributed by atoms with Crippen LogP contribution in [-0.4, -0.2) is 34.0 Å². The molecule has 4 nitrogen and oxygen atoms in total. The van der Waals surface area contributed by atoms with E-state index in [4.69, 9.17) is 28.9 Å². The van der Waals surface area contributed by atoms with Crippen molar-refractivity contribution in [1.29, 1.82) is 0 Å². The lowest BCUT2D eigenvalue weighted by atomic mass is 10.1. The van der Waals surface area contributed by atoms with Crippen LogP contribution in [0.2, 0.25) is 10.4 Å². The van der Waals surface area contributed by atoms with Gasteiger partial charge in [0.1, 0.15) is 5.15 Å². The summed E-state index contributed by atoms with van der Waals surface area (Å²) in [6, 6.07) is 0.265. The van der Waals surface area contributed by atoms with Crippen molar-refractivity contribution < 1.29 is 0 Å². The molecule has 0 aliphatic carbocycles. The molecule has 1 aromatic rings. The van der Waals surface area contributed by atoms with Crippen LogP contribution in [-0.2, 0) is 6.54 Å². The highest BCUT2D eigenvalue weighted by atomic mass is 35.5. The molecule has 6 heteroatoms. The molecule has 16 heavy (non-hydrogen) atoms. The number of piperidine rings is 1. The van der Waals surface area contributed by atoms with Crippen LogP contribution in [0.25, 0.3) is 0 Å². The summed E-state index contributed by atoms with van der Waals surface area (Å²) in [5.41, 5.74) is 6.82. The average molecular weight is 261 g/mol. The fraction of sp³-hybridized carbons (Fsp3) is 0.600. The van der Waals surface area contributed by atoms with Gasteiger partial charge >= 0.3 is 0 Å². The lowest BCUT2D eigenvalue weighted by Crippen LogP contribution is -2.42. The van der Waals surface area contributed by atoms with Crippen LogP contribution in [0.3, 0.4) is 0 Å². The largest absolute Gasteiger partial charge is 0.327 e. The summed E-state index contributed by atoms with van der Waals surface area (Å²) in [5.74, 6) is 0. The van der Waals surface area contributed by atoms with E-state index in [-0.39, 0.29) is 11.3 Å². The number of nitrogens with two attached hydrogens (primary N) is 1. The molecule has 1 aliphatic rings. The SMILES string of the molecule is NC1CCCN(Cc2cnc(Cl)nc2Cl)C1. The highest BCUT2D eigenvalue weighted by Gasteiger charge is 2.18. The number of rotatable bonds is 2. The van der Waals surface area contributed by atoms with Crippen molar-refractivity contribution in [3.05, 3.63) is 22.2 Å². The first kappa shape index (κ1) is 12.0. The standard InChI is InChI=1S/C10H14Cl2N4/c11-9-7(4-14-10(12)15-9)5-16-3-1-2-8(13)6-16/h4,8H,1-3,5-6,13H2. The van der Waals surface area contributed by atoms with Crippen molar-refractivity contribution in [3.8, 4) is 0 Å². The first-order chi connectivity index (χ1) is 7.65. The number of halogens is 2. The van der Waals surface area contributed by atoms with Gasteiger partial charge in [-0.1, -0.05) is 11.6 Å². The molecule has 0 spiro atoms. The fourth-order valence-electron chi connectivity index (χ4n) is 1.95. The maximum atomic E-state index is 5.99. The molecule has 1 aromatic heterocycles. The van der Waals surface area contributed by atoms with Crippen LogP contribution in [0, 0.1) is 0 Å². The summed E-state index contributed by atoms with van der Waals surface area (Å²) in [5, 5.41) is 0.614. The highest BCUT2D eigenvalue weighted by molar-refractivity contribution is 6.32. The Morgan fingerprint density at radius 3 is 3.00 bits per heavy atom. The van der Waals surface area contributed by atoms with E-state index in [2.05, 4.69) is 14.9 Å². The molecule has 2 N–H and O–H groups in total. The third-order valence-electron chi connectivity index (χ3n) is 2.72. The maximum Gasteiger partial charge on any atom is 0.223 e. The van der Waals surface area contributed by atoms with Crippen molar-refractivity contribution in [3.63, 3.8) is 0 Å². The number of aromatic nitrogens is 2. The number of likely N-dealkylation sites (tertiary alicyclic amines) is 1. The van der Waals surface area contributed by atoms with Crippen LogP contribution in [0.15, 0.2) is 6.20 Å². The molecule has 0 amide bonds. The van der Waals surface area contributed by atoms with Crippen LogP contribution in [0.5, 0.6) is 0 Å². The van der Waals surface area contributed by atoms with Gasteiger partial charge in [0.2, 0.25) is 5.28 Å². The molecule has 1 atom stereocenters. The van der Waals surface area contributed by atoms with E-state index < -0.39 is 0 Å². The summed E-state index contributed by atoms with van der Waals surface area (Å²) >= 11 is 11.6. The van der Waals surface area contributed by atoms with Crippen LogP contribution < -0.4 is 5.73 Å². The summed E-state index contributed by atoms with van der Waals surface area (Å²) in [6.07, 6.45) is 3.91. The molecule has 0 bridgehead atoms. The Kier molecular flexibility index (Phi) is 3.97. The molecular formula is C10H14Cl2N4. The van der Waals surface area contributed by atoms with Crippen LogP contribution >= 0.6 is 23.2 Å². The van der Waals surface area contributed by atoms with Gasteiger partial charge in [-0.15, -0.1) is 0 Å². The molecule has 1 fully saturated rings. The lowest BCUT2D eigenvalue weighted by Gasteiger charge is -2.30. The van der Waals surface area contributed by atoms with E-state index in [1.54, 1.807) is 6.20 Å². The predicted molar refractivity (Wildman–Crippen MR) is 64.5 cm³/mol. The van der Waals surface area contributed by atoms with Gasteiger partial charge in [-0.05, 0) is 31.0 Å². The van der Waals surface area contributed by atoms with Gasteiger partial charge in [0.25, 0.3) is 0 Å². The fourth-order valence-corrected chi connectivity index (χ4v) is 2.31. The molecular weight excluding hydrogens is 247 g/mol. The van der Waals surface area contributed by atoms with Gasteiger partial charge in [-0.2, -0.15) is 0 Å². The summed E-state index contributed by atoms with van der Waals surface area (Å²) in [7, 11) is 0. The van der Waals surface area contributed by atoms with Gasteiger partial charge in [-0.25, -0.2) is 9.97 Å². The van der Waals surface area contributed by atoms with Crippen molar-refractivity contribution in [1.82, 2.24) is 14.9 Å². The number of nitrogens with zero attached hydrogens (tertiary/aromatic N) is 3. The first-order valence-corrected chi connectivity index (χ1v) is 6.05. The summed E-state index contributed by atoms with van der Waals surface area (Å²) in [4.78, 5) is 10.1. The zero-order chi connectivity index (χ0) is 11.5. The Labute approximate surface area is 105 Å². The smallest absolute Gasteiger partial charge is 0.223 e. The monoisotopic (exact) mass is 260 g/mol. The highest BCUT2D eigenvalue weighted by Crippen LogP contribution is 2.18. The molecule has 1 aliphatic heterocycles. The van der Waals surface area contributed by atoms with Gasteiger partial charge < -0.3 is 5.73 Å². The topological polar surface area (TPSA) is 55.0 Å². The molecule has 88 valence electrons. The van der Waals surface area contributed by atoms with E-state index >= 15 is 0 Å². The normalized spacial score (nSPS) is 22.3. The molecule has 0 radical (unpaired) electrons. The average Bonchev–Trinajstić information content (AvgIpc) is 2.22. The predicted octanol–water partition coefficient (Wildman–Crippen LogP) is 1.71. The molecule has 2 heterocycles. The summed E-state index contributed by atoms with van der Waals surface area (Å²) < 4.78 is 0. The van der Waals surface area contributed by atoms with Crippen LogP contribution in [0.1, 0.15) is 18.4 Å². The van der Waals surface area contributed by atoms with Crippen molar-refractivity contribution >= 4 is 23.2 Å². The van der Waals surface area contributed by atoms with Crippen molar-refractivity contribution in [2.75, 3.05) is 13.1 Å². The Morgan fingerprint density at radius 1 is 1.50 bits per heavy atom. The lowest BCUT2D eigenvalue weighted by molar-refractivity contribution is 0.201. The Bertz CT molecular complexity index is 372. The van der Waals surface area contributed by atoms with E-state index in [9.17, 15) is 0 Å². The van der Waals surface area contributed by atoms with Gasteiger partial charge in [0.15, 0.2) is 0 Å². The quantitative estimate of drug-likeness (QED) is 0.650. The molecule has 1 saturated heterocycles. The first-order valence-electron chi connectivity index (χ1n) is 5.30. The zero-order valence-corrected chi connectivity index (χ0v) is 10.4. The Hall–Kier alpha value is -0.420. The molecule has 0 aromatic carbocycles. The minimum Gasteiger partial charge on any atom is -0.327 e. The Balaban J connectivity index is 2.02. The third kappa shape index (κ3) is 3.04. The second-order valence-electron chi connectivity index (χ2n) is 4.09. The molecule has 1 unspecified atom stereocenters. The summed E-state index contributed by atoms with van der Waals surface area (Å²) in [6.45, 7) is 2.69. The van der Waals surface area contributed by atoms with Crippen molar-refractivity contribution in [2.24, 2.45) is 5.73 Å². The van der Waals surface area contributed by atoms with E-state index in [0.29, 0.717) is 5.15 Å². The number of hydrogen-bond donors (Lipinski definition) is 1. The van der Waals surface area contributed by atoms with Crippen molar-refractivity contribution in [2.45, 2.75) is 25.4 Å². The van der Waals surface area contributed by atoms with E-state index in [1.165, 1.54) is 0 Å². The zero-order valence-electron chi connectivity index (χ0n) is 8.87. The maximum absolute atomic E-state index is 5.99. The number of hydrogen-bond acceptors (Lipinski definition) is 4. The van der Waals surface area contributed by atoms with Gasteiger partial charge in [-0.3, -0.25) is 4.90 Å². The molecule has 2 rings (SSSR count). The minimum absolute atomic E-state index is 0.184. The second kappa shape index (κ2) is 5.27. The Morgan fingerprint density at radius 2 is 2.31 bits per heavy atom. The van der Waals surface area contributed by atoms with E-state index in [0.717, 1.165) is 38.0 Å². The van der Waals surface area contributed by atoms with E-state index in [1.807, 2.05) is 0 Å².